The van der Waals surface area contributed by atoms with Gasteiger partial charge in [-0.1, -0.05) is 6.58 Å². The molecule has 196 valence electrons. The number of hydrogen-bond donors (Lipinski definition) is 2. The molecule has 0 aliphatic carbocycles. The number of carbonyl (C=O) groups is 1. The Hall–Kier alpha value is -3.93. The van der Waals surface area contributed by atoms with Gasteiger partial charge in [-0.05, 0) is 32.2 Å². The number of dihydropyridines is 1. The second-order valence-electron chi connectivity index (χ2n) is 8.56. The third-order valence-electron chi connectivity index (χ3n) is 5.95. The molecule has 4 rings (SSSR count). The number of halogens is 4. The lowest BCUT2D eigenvalue weighted by Gasteiger charge is -2.35. The molecular weight excluding hydrogens is 492 g/mol. The summed E-state index contributed by atoms with van der Waals surface area (Å²) in [6.45, 7) is 8.08. The average Bonchev–Trinajstić information content (AvgIpc) is 2.85. The number of piperazine rings is 1. The Balaban J connectivity index is 1.73. The quantitative estimate of drug-likeness (QED) is 0.562. The van der Waals surface area contributed by atoms with Crippen molar-refractivity contribution in [3.8, 4) is 17.1 Å². The molecule has 1 aromatic carbocycles. The third kappa shape index (κ3) is 5.91. The maximum Gasteiger partial charge on any atom is 0.417 e. The standard InChI is InChI=1S/C25H26F4N6O2/c1-4-37-24-31-12-16(13-32-24)17-10-21(22(11-20(17)26)35-7-5-34(3)6-8-35)33-23(36)18-14-30-15(2)9-19(18)25(27,28)29/h9-14,30H,2,4-8H2,1,3H3,(H,33,36). The van der Waals surface area contributed by atoms with E-state index in [4.69, 9.17) is 4.74 Å². The van der Waals surface area contributed by atoms with Crippen LogP contribution < -0.4 is 20.3 Å². The number of aromatic nitrogens is 2. The van der Waals surface area contributed by atoms with Crippen LogP contribution in [0.3, 0.4) is 0 Å². The van der Waals surface area contributed by atoms with E-state index in [2.05, 4.69) is 32.1 Å². The number of amides is 1. The highest BCUT2D eigenvalue weighted by atomic mass is 19.4. The van der Waals surface area contributed by atoms with E-state index >= 15 is 4.39 Å². The number of anilines is 2. The predicted octanol–water partition coefficient (Wildman–Crippen LogP) is 3.86. The SMILES string of the molecule is C=C1C=C(C(F)(F)F)C(C(=O)Nc2cc(-c3cnc(OCC)nc3)c(F)cc2N2CCN(C)CC2)=CN1. The first-order valence-corrected chi connectivity index (χ1v) is 11.5. The van der Waals surface area contributed by atoms with Gasteiger partial charge in [0.25, 0.3) is 5.91 Å². The first kappa shape index (κ1) is 26.1. The van der Waals surface area contributed by atoms with Crippen LogP contribution >= 0.6 is 0 Å². The highest BCUT2D eigenvalue weighted by molar-refractivity contribution is 6.09. The lowest BCUT2D eigenvalue weighted by atomic mass is 10.0. The van der Waals surface area contributed by atoms with Crippen molar-refractivity contribution in [1.82, 2.24) is 20.2 Å². The topological polar surface area (TPSA) is 82.6 Å². The molecule has 0 spiro atoms. The van der Waals surface area contributed by atoms with Gasteiger partial charge < -0.3 is 25.2 Å². The van der Waals surface area contributed by atoms with Crippen LogP contribution in [0.5, 0.6) is 6.01 Å². The van der Waals surface area contributed by atoms with Crippen molar-refractivity contribution < 1.29 is 27.1 Å². The molecule has 0 bridgehead atoms. The summed E-state index contributed by atoms with van der Waals surface area (Å²) in [6, 6.07) is 2.77. The van der Waals surface area contributed by atoms with Gasteiger partial charge in [0.05, 0.1) is 29.1 Å². The molecule has 2 N–H and O–H groups in total. The maximum atomic E-state index is 15.3. The Morgan fingerprint density at radius 2 is 1.86 bits per heavy atom. The summed E-state index contributed by atoms with van der Waals surface area (Å²) in [5, 5.41) is 5.12. The van der Waals surface area contributed by atoms with Crippen LogP contribution in [-0.2, 0) is 4.79 Å². The number of allylic oxidation sites excluding steroid dienone is 1. The second-order valence-corrected chi connectivity index (χ2v) is 8.56. The molecule has 37 heavy (non-hydrogen) atoms. The molecule has 0 unspecified atom stereocenters. The summed E-state index contributed by atoms with van der Waals surface area (Å²) in [5.74, 6) is -1.59. The van der Waals surface area contributed by atoms with Gasteiger partial charge in [0.2, 0.25) is 0 Å². The van der Waals surface area contributed by atoms with Crippen molar-refractivity contribution in [1.29, 1.82) is 0 Å². The normalized spacial score (nSPS) is 16.6. The highest BCUT2D eigenvalue weighted by Gasteiger charge is 2.40. The van der Waals surface area contributed by atoms with Crippen LogP contribution in [0.1, 0.15) is 6.92 Å². The summed E-state index contributed by atoms with van der Waals surface area (Å²) in [4.78, 5) is 25.2. The number of nitrogens with one attached hydrogen (secondary N) is 2. The van der Waals surface area contributed by atoms with Crippen molar-refractivity contribution in [3.05, 3.63) is 66.0 Å². The molecule has 1 aromatic heterocycles. The van der Waals surface area contributed by atoms with E-state index in [1.165, 1.54) is 24.5 Å². The molecule has 1 saturated heterocycles. The minimum Gasteiger partial charge on any atom is -0.464 e. The van der Waals surface area contributed by atoms with Gasteiger partial charge in [0.15, 0.2) is 0 Å². The molecule has 8 nitrogen and oxygen atoms in total. The summed E-state index contributed by atoms with van der Waals surface area (Å²) < 4.78 is 61.5. The van der Waals surface area contributed by atoms with E-state index in [-0.39, 0.29) is 23.0 Å². The van der Waals surface area contributed by atoms with Crippen LogP contribution in [0, 0.1) is 5.82 Å². The Morgan fingerprint density at radius 3 is 2.49 bits per heavy atom. The molecular formula is C25H26F4N6O2. The monoisotopic (exact) mass is 518 g/mol. The zero-order chi connectivity index (χ0) is 26.7. The van der Waals surface area contributed by atoms with Gasteiger partial charge in [-0.25, -0.2) is 14.4 Å². The zero-order valence-electron chi connectivity index (χ0n) is 20.3. The predicted molar refractivity (Wildman–Crippen MR) is 131 cm³/mol. The van der Waals surface area contributed by atoms with Crippen LogP contribution in [0.2, 0.25) is 0 Å². The average molecular weight is 519 g/mol. The lowest BCUT2D eigenvalue weighted by molar-refractivity contribution is -0.115. The van der Waals surface area contributed by atoms with Crippen LogP contribution in [-0.4, -0.2) is 66.8 Å². The number of nitrogens with zero attached hydrogens (tertiary/aromatic N) is 4. The zero-order valence-corrected chi connectivity index (χ0v) is 20.3. The molecule has 1 amide bonds. The van der Waals surface area contributed by atoms with Crippen molar-refractivity contribution >= 4 is 17.3 Å². The highest BCUT2D eigenvalue weighted by Crippen LogP contribution is 2.37. The van der Waals surface area contributed by atoms with Gasteiger partial charge in [-0.3, -0.25) is 4.79 Å². The summed E-state index contributed by atoms with van der Waals surface area (Å²) in [5.41, 5.74) is -0.829. The van der Waals surface area contributed by atoms with E-state index in [0.29, 0.717) is 44.0 Å². The largest absolute Gasteiger partial charge is 0.464 e. The maximum absolute atomic E-state index is 15.3. The van der Waals surface area contributed by atoms with E-state index in [0.717, 1.165) is 12.3 Å². The molecule has 2 aromatic rings. The van der Waals surface area contributed by atoms with Crippen LogP contribution in [0.4, 0.5) is 28.9 Å². The molecule has 2 aliphatic heterocycles. The Kier molecular flexibility index (Phi) is 7.48. The van der Waals surface area contributed by atoms with Crippen molar-refractivity contribution in [2.24, 2.45) is 0 Å². The van der Waals surface area contributed by atoms with Gasteiger partial charge in [0.1, 0.15) is 5.82 Å². The number of benzene rings is 1. The molecule has 0 saturated carbocycles. The number of ether oxygens (including phenoxy) is 1. The number of carbonyl (C=O) groups excluding carboxylic acids is 1. The molecule has 2 aliphatic rings. The first-order valence-electron chi connectivity index (χ1n) is 11.5. The molecule has 0 atom stereocenters. The van der Waals surface area contributed by atoms with Gasteiger partial charge in [-0.15, -0.1) is 0 Å². The Labute approximate surface area is 211 Å². The lowest BCUT2D eigenvalue weighted by Crippen LogP contribution is -2.44. The van der Waals surface area contributed by atoms with Gasteiger partial charge >= 0.3 is 12.2 Å². The fraction of sp³-hybridized carbons (Fsp3) is 0.320. The Morgan fingerprint density at radius 1 is 1.19 bits per heavy atom. The molecule has 12 heteroatoms. The molecule has 1 fully saturated rings. The fourth-order valence-corrected chi connectivity index (χ4v) is 4.00. The summed E-state index contributed by atoms with van der Waals surface area (Å²) in [6.07, 6.45) is -0.297. The minimum atomic E-state index is -4.78. The molecule has 3 heterocycles. The van der Waals surface area contributed by atoms with Crippen molar-refractivity contribution in [2.75, 3.05) is 50.1 Å². The third-order valence-corrected chi connectivity index (χ3v) is 5.95. The summed E-state index contributed by atoms with van der Waals surface area (Å²) in [7, 11) is 1.96. The van der Waals surface area contributed by atoms with Crippen molar-refractivity contribution in [2.45, 2.75) is 13.1 Å². The first-order chi connectivity index (χ1) is 17.6. The van der Waals surface area contributed by atoms with Crippen LogP contribution in [0.15, 0.2) is 60.2 Å². The number of alkyl halides is 3. The number of likely N-dealkylation sites (N-methyl/N-ethyl adjacent to an activating group) is 1. The number of rotatable bonds is 6. The van der Waals surface area contributed by atoms with Crippen molar-refractivity contribution in [3.63, 3.8) is 0 Å². The van der Waals surface area contributed by atoms with Crippen LogP contribution in [0.25, 0.3) is 11.1 Å². The van der Waals surface area contributed by atoms with E-state index in [1.54, 1.807) is 6.92 Å². The minimum absolute atomic E-state index is 0.00145. The van der Waals surface area contributed by atoms with E-state index < -0.39 is 29.0 Å². The second kappa shape index (κ2) is 10.6. The number of hydrogen-bond acceptors (Lipinski definition) is 7. The molecule has 0 radical (unpaired) electrons. The van der Waals surface area contributed by atoms with Gasteiger partial charge in [-0.2, -0.15) is 13.2 Å². The van der Waals surface area contributed by atoms with Gasteiger partial charge in [0, 0.05) is 61.6 Å². The van der Waals surface area contributed by atoms with E-state index in [1.807, 2.05) is 11.9 Å². The van der Waals surface area contributed by atoms with E-state index in [9.17, 15) is 18.0 Å². The fourth-order valence-electron chi connectivity index (χ4n) is 4.00. The Bertz CT molecular complexity index is 1250. The summed E-state index contributed by atoms with van der Waals surface area (Å²) >= 11 is 0. The smallest absolute Gasteiger partial charge is 0.417 e.